The fourth-order valence-corrected chi connectivity index (χ4v) is 2.58. The van der Waals surface area contributed by atoms with Crippen molar-refractivity contribution >= 4 is 34.8 Å². The molecule has 37 heavy (non-hydrogen) atoms. The van der Waals surface area contributed by atoms with Crippen molar-refractivity contribution in [1.29, 1.82) is 0 Å². The van der Waals surface area contributed by atoms with Gasteiger partial charge in [0.25, 0.3) is 0 Å². The highest BCUT2D eigenvalue weighted by atomic mass is 35.5. The predicted molar refractivity (Wildman–Crippen MR) is 92.1 cm³/mol. The largest absolute Gasteiger partial charge is 0.495 e. The van der Waals surface area contributed by atoms with Crippen LogP contribution in [-0.4, -0.2) is 59.9 Å². The van der Waals surface area contributed by atoms with Crippen molar-refractivity contribution in [3.05, 3.63) is 23.2 Å². The highest BCUT2D eigenvalue weighted by Crippen LogP contribution is 2.64. The average molecular weight is 620 g/mol. The second-order valence-electron chi connectivity index (χ2n) is 6.82. The van der Waals surface area contributed by atoms with Gasteiger partial charge in [-0.3, -0.25) is 4.79 Å². The van der Waals surface area contributed by atoms with Crippen molar-refractivity contribution in [2.45, 2.75) is 46.8 Å². The summed E-state index contributed by atoms with van der Waals surface area (Å²) in [6.07, 6.45) is 0. The molecule has 0 aliphatic carbocycles. The second kappa shape index (κ2) is 9.30. The SMILES string of the molecule is COc1ccc(Cl)cc1NC(=O)C(F)(F)C(F)(F)C(F)(F)C(F)(F)C(F)(F)C(F)(F)C(F)(F)C(F)(F)Cl. The van der Waals surface area contributed by atoms with Crippen LogP contribution in [0.2, 0.25) is 5.02 Å². The molecule has 0 heterocycles. The molecule has 1 rings (SSSR count). The Morgan fingerprint density at radius 3 is 1.46 bits per heavy atom. The predicted octanol–water partition coefficient (Wildman–Crippen LogP) is 7.57. The molecule has 3 nitrogen and oxygen atoms in total. The molecule has 214 valence electrons. The van der Waals surface area contributed by atoms with Crippen LogP contribution in [0.25, 0.3) is 0 Å². The van der Waals surface area contributed by atoms with Crippen LogP contribution in [0.1, 0.15) is 0 Å². The first kappa shape index (κ1) is 33.0. The van der Waals surface area contributed by atoms with Crippen LogP contribution >= 0.6 is 23.2 Å². The molecule has 0 aliphatic rings. The molecular formula is C16H7Cl2F16NO2. The smallest absolute Gasteiger partial charge is 0.393 e. The van der Waals surface area contributed by atoms with E-state index < -0.39 is 69.2 Å². The molecule has 0 aliphatic heterocycles. The first-order valence-electron chi connectivity index (χ1n) is 8.46. The summed E-state index contributed by atoms with van der Waals surface area (Å²) in [5.41, 5.74) is -1.12. The third-order valence-corrected chi connectivity index (χ3v) is 4.89. The topological polar surface area (TPSA) is 38.3 Å². The molecule has 0 fully saturated rings. The minimum Gasteiger partial charge on any atom is -0.495 e. The maximum Gasteiger partial charge on any atom is 0.393 e. The lowest BCUT2D eigenvalue weighted by atomic mass is 9.89. The third-order valence-electron chi connectivity index (χ3n) is 4.42. The van der Waals surface area contributed by atoms with Crippen LogP contribution < -0.4 is 10.1 Å². The Balaban J connectivity index is 3.62. The van der Waals surface area contributed by atoms with E-state index in [-0.39, 0.29) is 0 Å². The highest BCUT2D eigenvalue weighted by molar-refractivity contribution is 6.31. The van der Waals surface area contributed by atoms with Gasteiger partial charge in [-0.05, 0) is 29.8 Å². The van der Waals surface area contributed by atoms with Gasteiger partial charge in [0.1, 0.15) is 5.75 Å². The van der Waals surface area contributed by atoms with Crippen LogP contribution in [0.5, 0.6) is 5.75 Å². The van der Waals surface area contributed by atoms with Crippen LogP contribution in [-0.2, 0) is 4.79 Å². The van der Waals surface area contributed by atoms with Gasteiger partial charge in [0.2, 0.25) is 0 Å². The van der Waals surface area contributed by atoms with Crippen molar-refractivity contribution < 1.29 is 79.8 Å². The Kier molecular flexibility index (Phi) is 8.29. The van der Waals surface area contributed by atoms with Gasteiger partial charge in [-0.15, -0.1) is 0 Å². The molecule has 1 amide bonds. The van der Waals surface area contributed by atoms with Gasteiger partial charge in [-0.25, -0.2) is 0 Å². The Morgan fingerprint density at radius 1 is 0.703 bits per heavy atom. The van der Waals surface area contributed by atoms with Crippen molar-refractivity contribution in [2.75, 3.05) is 12.4 Å². The van der Waals surface area contributed by atoms with Gasteiger partial charge >= 0.3 is 52.7 Å². The summed E-state index contributed by atoms with van der Waals surface area (Å²) in [6.45, 7) is 0. The molecule has 0 saturated carbocycles. The summed E-state index contributed by atoms with van der Waals surface area (Å²) in [4.78, 5) is 11.6. The van der Waals surface area contributed by atoms with Gasteiger partial charge in [-0.2, -0.15) is 70.2 Å². The number of carbonyl (C=O) groups is 1. The molecule has 21 heteroatoms. The maximum atomic E-state index is 14.0. The molecule has 1 N–H and O–H groups in total. The number of amides is 1. The second-order valence-corrected chi connectivity index (χ2v) is 7.73. The van der Waals surface area contributed by atoms with Crippen LogP contribution in [0.15, 0.2) is 18.2 Å². The number of carbonyl (C=O) groups excluding carboxylic acids is 1. The minimum atomic E-state index is -8.67. The zero-order valence-corrected chi connectivity index (χ0v) is 18.4. The fraction of sp³-hybridized carbons (Fsp3) is 0.562. The summed E-state index contributed by atoms with van der Waals surface area (Å²) >= 11 is 8.84. The number of ether oxygens (including phenoxy) is 1. The molecule has 0 unspecified atom stereocenters. The summed E-state index contributed by atoms with van der Waals surface area (Å²) in [5.74, 6) is -61.7. The van der Waals surface area contributed by atoms with E-state index in [1.54, 1.807) is 0 Å². The van der Waals surface area contributed by atoms with E-state index in [1.165, 1.54) is 0 Å². The first-order valence-corrected chi connectivity index (χ1v) is 9.21. The average Bonchev–Trinajstić information content (AvgIpc) is 2.72. The number of hydrogen-bond acceptors (Lipinski definition) is 2. The van der Waals surface area contributed by atoms with E-state index in [2.05, 4.69) is 16.3 Å². The molecule has 0 radical (unpaired) electrons. The number of benzene rings is 1. The van der Waals surface area contributed by atoms with Crippen LogP contribution in [0, 0.1) is 0 Å². The van der Waals surface area contributed by atoms with Crippen molar-refractivity contribution in [3.8, 4) is 5.75 Å². The molecule has 1 aromatic carbocycles. The van der Waals surface area contributed by atoms with Gasteiger partial charge in [0.05, 0.1) is 12.8 Å². The summed E-state index contributed by atoms with van der Waals surface area (Å²) in [7, 11) is 0.767. The fourth-order valence-electron chi connectivity index (χ4n) is 2.29. The zero-order valence-electron chi connectivity index (χ0n) is 16.9. The van der Waals surface area contributed by atoms with E-state index in [1.807, 2.05) is 0 Å². The number of nitrogens with one attached hydrogen (secondary N) is 1. The Hall–Kier alpha value is -2.05. The normalized spacial score (nSPS) is 15.0. The molecule has 1 aromatic rings. The third kappa shape index (κ3) is 4.69. The number of rotatable bonds is 10. The number of methoxy groups -OCH3 is 1. The van der Waals surface area contributed by atoms with E-state index in [0.717, 1.165) is 24.6 Å². The lowest BCUT2D eigenvalue weighted by Crippen LogP contribution is -2.75. The van der Waals surface area contributed by atoms with E-state index in [0.29, 0.717) is 6.07 Å². The minimum absolute atomic E-state index is 0.447. The number of alkyl halides is 17. The molecule has 0 atom stereocenters. The van der Waals surface area contributed by atoms with Crippen molar-refractivity contribution in [1.82, 2.24) is 0 Å². The Labute approximate surface area is 203 Å². The van der Waals surface area contributed by atoms with Gasteiger partial charge in [0, 0.05) is 5.02 Å². The quantitative estimate of drug-likeness (QED) is 0.217. The zero-order chi connectivity index (χ0) is 29.8. The summed E-state index contributed by atoms with van der Waals surface area (Å²) in [5, 5.41) is -6.60. The maximum absolute atomic E-state index is 14.0. The molecule has 0 aromatic heterocycles. The van der Waals surface area contributed by atoms with Gasteiger partial charge in [-0.1, -0.05) is 11.6 Å². The summed E-state index contributed by atoms with van der Waals surface area (Å²) in [6, 6.07) is 2.13. The standard InChI is InChI=1S/C16H7Cl2F16NO2/c1-37-7-3-2-5(17)4-6(7)35-8(36)9(19,20)10(21,22)11(23,24)12(25,26)13(27,28)14(29,30)15(31,32)16(18,33)34/h2-4H,1H3,(H,35,36). The molecule has 0 spiro atoms. The van der Waals surface area contributed by atoms with E-state index >= 15 is 0 Å². The van der Waals surface area contributed by atoms with Crippen LogP contribution in [0.3, 0.4) is 0 Å². The monoisotopic (exact) mass is 619 g/mol. The van der Waals surface area contributed by atoms with Crippen LogP contribution in [0.4, 0.5) is 75.9 Å². The number of halogens is 18. The van der Waals surface area contributed by atoms with Crippen molar-refractivity contribution in [3.63, 3.8) is 0 Å². The molecule has 0 bridgehead atoms. The lowest BCUT2D eigenvalue weighted by molar-refractivity contribution is -0.445. The Morgan fingerprint density at radius 2 is 1.08 bits per heavy atom. The van der Waals surface area contributed by atoms with Crippen molar-refractivity contribution in [2.24, 2.45) is 0 Å². The number of anilines is 1. The molecule has 0 saturated heterocycles. The van der Waals surface area contributed by atoms with Gasteiger partial charge in [0.15, 0.2) is 0 Å². The first-order chi connectivity index (χ1) is 16.1. The van der Waals surface area contributed by atoms with Gasteiger partial charge < -0.3 is 10.1 Å². The van der Waals surface area contributed by atoms with E-state index in [9.17, 15) is 75.0 Å². The van der Waals surface area contributed by atoms with E-state index in [4.69, 9.17) is 11.6 Å². The summed E-state index contributed by atoms with van der Waals surface area (Å²) < 4.78 is 220. The number of hydrogen-bond donors (Lipinski definition) is 1. The Bertz CT molecular complexity index is 1020. The highest BCUT2D eigenvalue weighted by Gasteiger charge is 2.95. The molecular weight excluding hydrogens is 613 g/mol. The lowest BCUT2D eigenvalue weighted by Gasteiger charge is -2.42.